The Balaban J connectivity index is 3.06. The standard InChI is InChI=1S/C10H9BrO3/c1-14-6-9(10(12)13)7-2-4-8(11)5-3-7/h2-6H,1H3,(H,12,13)/b9-6+. The Labute approximate surface area is 90.1 Å². The molecule has 0 radical (unpaired) electrons. The van der Waals surface area contributed by atoms with Crippen LogP contribution in [0.1, 0.15) is 5.56 Å². The third-order valence-electron chi connectivity index (χ3n) is 1.62. The van der Waals surface area contributed by atoms with E-state index < -0.39 is 5.97 Å². The highest BCUT2D eigenvalue weighted by molar-refractivity contribution is 9.10. The van der Waals surface area contributed by atoms with Crippen LogP contribution in [0.2, 0.25) is 0 Å². The molecule has 0 unspecified atom stereocenters. The van der Waals surface area contributed by atoms with Crippen molar-refractivity contribution >= 4 is 27.5 Å². The molecular formula is C10H9BrO3. The van der Waals surface area contributed by atoms with Crippen LogP contribution in [0.15, 0.2) is 35.0 Å². The normalized spacial score (nSPS) is 11.1. The molecule has 0 aliphatic carbocycles. The van der Waals surface area contributed by atoms with E-state index in [1.165, 1.54) is 13.4 Å². The Bertz CT molecular complexity index is 354. The molecule has 0 atom stereocenters. The number of methoxy groups -OCH3 is 1. The van der Waals surface area contributed by atoms with E-state index in [9.17, 15) is 4.79 Å². The van der Waals surface area contributed by atoms with E-state index in [1.54, 1.807) is 24.3 Å². The van der Waals surface area contributed by atoms with E-state index in [4.69, 9.17) is 9.84 Å². The number of benzene rings is 1. The molecule has 0 fully saturated rings. The summed E-state index contributed by atoms with van der Waals surface area (Å²) >= 11 is 3.27. The monoisotopic (exact) mass is 256 g/mol. The maximum absolute atomic E-state index is 10.8. The van der Waals surface area contributed by atoms with E-state index in [1.807, 2.05) is 0 Å². The van der Waals surface area contributed by atoms with Crippen LogP contribution in [0, 0.1) is 0 Å². The number of ether oxygens (including phenoxy) is 1. The Morgan fingerprint density at radius 2 is 2.00 bits per heavy atom. The van der Waals surface area contributed by atoms with Gasteiger partial charge in [-0.15, -0.1) is 0 Å². The van der Waals surface area contributed by atoms with Crippen molar-refractivity contribution in [3.8, 4) is 0 Å². The van der Waals surface area contributed by atoms with Crippen LogP contribution >= 0.6 is 15.9 Å². The summed E-state index contributed by atoms with van der Waals surface area (Å²) < 4.78 is 5.60. The van der Waals surface area contributed by atoms with Crippen LogP contribution in [-0.4, -0.2) is 18.2 Å². The quantitative estimate of drug-likeness (QED) is 0.668. The molecule has 0 spiro atoms. The highest BCUT2D eigenvalue weighted by Gasteiger charge is 2.09. The van der Waals surface area contributed by atoms with Crippen LogP contribution in [0.3, 0.4) is 0 Å². The minimum atomic E-state index is -1.01. The van der Waals surface area contributed by atoms with Gasteiger partial charge >= 0.3 is 5.97 Å². The molecule has 0 aromatic heterocycles. The Morgan fingerprint density at radius 3 is 2.43 bits per heavy atom. The minimum absolute atomic E-state index is 0.139. The molecule has 1 aromatic carbocycles. The van der Waals surface area contributed by atoms with Crippen LogP contribution < -0.4 is 0 Å². The number of rotatable bonds is 3. The lowest BCUT2D eigenvalue weighted by Crippen LogP contribution is -1.99. The highest BCUT2D eigenvalue weighted by Crippen LogP contribution is 2.18. The summed E-state index contributed by atoms with van der Waals surface area (Å²) in [5.74, 6) is -1.01. The van der Waals surface area contributed by atoms with Gasteiger partial charge in [-0.2, -0.15) is 0 Å². The van der Waals surface area contributed by atoms with Crippen molar-refractivity contribution in [2.45, 2.75) is 0 Å². The van der Waals surface area contributed by atoms with Gasteiger partial charge in [-0.3, -0.25) is 0 Å². The number of hydrogen-bond acceptors (Lipinski definition) is 2. The molecule has 0 amide bonds. The molecule has 0 aliphatic rings. The fraction of sp³-hybridized carbons (Fsp3) is 0.100. The van der Waals surface area contributed by atoms with Crippen LogP contribution in [0.25, 0.3) is 5.57 Å². The molecule has 1 aromatic rings. The second-order valence-corrected chi connectivity index (χ2v) is 3.49. The first-order valence-electron chi connectivity index (χ1n) is 3.87. The van der Waals surface area contributed by atoms with Gasteiger partial charge in [0.25, 0.3) is 0 Å². The van der Waals surface area contributed by atoms with Gasteiger partial charge in [0, 0.05) is 4.47 Å². The van der Waals surface area contributed by atoms with Crippen molar-refractivity contribution in [2.24, 2.45) is 0 Å². The van der Waals surface area contributed by atoms with Gasteiger partial charge < -0.3 is 9.84 Å². The lowest BCUT2D eigenvalue weighted by molar-refractivity contribution is -0.130. The van der Waals surface area contributed by atoms with Crippen LogP contribution in [0.5, 0.6) is 0 Å². The van der Waals surface area contributed by atoms with Crippen molar-refractivity contribution < 1.29 is 14.6 Å². The van der Waals surface area contributed by atoms with E-state index in [0.29, 0.717) is 5.56 Å². The van der Waals surface area contributed by atoms with Crippen molar-refractivity contribution in [2.75, 3.05) is 7.11 Å². The van der Waals surface area contributed by atoms with Gasteiger partial charge in [0.2, 0.25) is 0 Å². The van der Waals surface area contributed by atoms with Crippen LogP contribution in [-0.2, 0) is 9.53 Å². The van der Waals surface area contributed by atoms with Gasteiger partial charge in [0.1, 0.15) is 5.57 Å². The minimum Gasteiger partial charge on any atom is -0.503 e. The topological polar surface area (TPSA) is 46.5 Å². The predicted molar refractivity (Wildman–Crippen MR) is 56.8 cm³/mol. The fourth-order valence-corrected chi connectivity index (χ4v) is 1.25. The molecule has 1 N–H and O–H groups in total. The summed E-state index contributed by atoms with van der Waals surface area (Å²) in [5, 5.41) is 8.87. The third-order valence-corrected chi connectivity index (χ3v) is 2.15. The largest absolute Gasteiger partial charge is 0.503 e. The molecule has 0 saturated carbocycles. The van der Waals surface area contributed by atoms with Gasteiger partial charge in [0.15, 0.2) is 0 Å². The number of carboxylic acid groups (broad SMARTS) is 1. The van der Waals surface area contributed by atoms with Crippen molar-refractivity contribution in [3.63, 3.8) is 0 Å². The molecule has 0 bridgehead atoms. The zero-order chi connectivity index (χ0) is 10.6. The zero-order valence-corrected chi connectivity index (χ0v) is 9.11. The molecule has 3 nitrogen and oxygen atoms in total. The Morgan fingerprint density at radius 1 is 1.43 bits per heavy atom. The Kier molecular flexibility index (Phi) is 3.71. The summed E-state index contributed by atoms with van der Waals surface area (Å²) in [7, 11) is 1.42. The second kappa shape index (κ2) is 4.81. The van der Waals surface area contributed by atoms with Gasteiger partial charge in [-0.1, -0.05) is 28.1 Å². The average Bonchev–Trinajstić information content (AvgIpc) is 2.15. The van der Waals surface area contributed by atoms with Crippen molar-refractivity contribution in [1.29, 1.82) is 0 Å². The first-order valence-corrected chi connectivity index (χ1v) is 4.66. The number of halogens is 1. The molecule has 0 heterocycles. The second-order valence-electron chi connectivity index (χ2n) is 2.58. The molecule has 4 heteroatoms. The van der Waals surface area contributed by atoms with Crippen LogP contribution in [0.4, 0.5) is 0 Å². The number of hydrogen-bond donors (Lipinski definition) is 1. The molecule has 1 rings (SSSR count). The molecular weight excluding hydrogens is 248 g/mol. The fourth-order valence-electron chi connectivity index (χ4n) is 0.989. The SMILES string of the molecule is CO/C=C(/C(=O)O)c1ccc(Br)cc1. The van der Waals surface area contributed by atoms with Crippen molar-refractivity contribution in [1.82, 2.24) is 0 Å². The number of carboxylic acids is 1. The summed E-state index contributed by atoms with van der Waals surface area (Å²) in [5.41, 5.74) is 0.752. The van der Waals surface area contributed by atoms with Gasteiger partial charge in [-0.25, -0.2) is 4.79 Å². The zero-order valence-electron chi connectivity index (χ0n) is 7.53. The maximum atomic E-state index is 10.8. The maximum Gasteiger partial charge on any atom is 0.339 e. The van der Waals surface area contributed by atoms with Crippen molar-refractivity contribution in [3.05, 3.63) is 40.6 Å². The van der Waals surface area contributed by atoms with E-state index in [0.717, 1.165) is 4.47 Å². The number of carbonyl (C=O) groups is 1. The molecule has 14 heavy (non-hydrogen) atoms. The highest BCUT2D eigenvalue weighted by atomic mass is 79.9. The average molecular weight is 257 g/mol. The summed E-state index contributed by atoms with van der Waals surface area (Å²) in [4.78, 5) is 10.8. The summed E-state index contributed by atoms with van der Waals surface area (Å²) in [6, 6.07) is 6.98. The van der Waals surface area contributed by atoms with E-state index in [2.05, 4.69) is 15.9 Å². The summed E-state index contributed by atoms with van der Waals surface area (Å²) in [6.45, 7) is 0. The third kappa shape index (κ3) is 2.60. The van der Waals surface area contributed by atoms with E-state index in [-0.39, 0.29) is 5.57 Å². The smallest absolute Gasteiger partial charge is 0.339 e. The van der Waals surface area contributed by atoms with Gasteiger partial charge in [-0.05, 0) is 17.7 Å². The first kappa shape index (κ1) is 10.8. The van der Waals surface area contributed by atoms with Gasteiger partial charge in [0.05, 0.1) is 13.4 Å². The summed E-state index contributed by atoms with van der Waals surface area (Å²) in [6.07, 6.45) is 1.21. The predicted octanol–water partition coefficient (Wildman–Crippen LogP) is 2.52. The van der Waals surface area contributed by atoms with E-state index >= 15 is 0 Å². The number of aliphatic carboxylic acids is 1. The lowest BCUT2D eigenvalue weighted by Gasteiger charge is -2.01. The first-order chi connectivity index (χ1) is 6.65. The molecule has 0 saturated heterocycles. The lowest BCUT2D eigenvalue weighted by atomic mass is 10.1. The Hall–Kier alpha value is -1.29. The molecule has 0 aliphatic heterocycles. The molecule has 74 valence electrons.